The third-order valence-electron chi connectivity index (χ3n) is 3.11. The van der Waals surface area contributed by atoms with Gasteiger partial charge in [0.05, 0.1) is 6.54 Å². The van der Waals surface area contributed by atoms with Gasteiger partial charge in [0.2, 0.25) is 0 Å². The predicted molar refractivity (Wildman–Crippen MR) is 69.8 cm³/mol. The lowest BCUT2D eigenvalue weighted by Crippen LogP contribution is -2.32. The molecule has 1 aliphatic carbocycles. The van der Waals surface area contributed by atoms with Crippen molar-refractivity contribution in [2.24, 2.45) is 11.7 Å². The highest BCUT2D eigenvalue weighted by Gasteiger charge is 2.18. The highest BCUT2D eigenvalue weighted by Crippen LogP contribution is 2.25. The van der Waals surface area contributed by atoms with Gasteiger partial charge >= 0.3 is 0 Å². The first kappa shape index (κ1) is 12.6. The third kappa shape index (κ3) is 3.31. The van der Waals surface area contributed by atoms with Gasteiger partial charge < -0.3 is 11.1 Å². The summed E-state index contributed by atoms with van der Waals surface area (Å²) in [6, 6.07) is 3.48. The molecule has 0 spiro atoms. The molecule has 3 N–H and O–H groups in total. The van der Waals surface area contributed by atoms with Crippen LogP contribution in [-0.2, 0) is 0 Å². The molecule has 1 saturated carbocycles. The van der Waals surface area contributed by atoms with Crippen molar-refractivity contribution in [3.8, 4) is 11.8 Å². The molecule has 0 atom stereocenters. The van der Waals surface area contributed by atoms with Gasteiger partial charge in [-0.25, -0.2) is 4.98 Å². The second kappa shape index (κ2) is 6.18. The average molecular weight is 243 g/mol. The first-order chi connectivity index (χ1) is 8.79. The van der Waals surface area contributed by atoms with E-state index in [0.717, 1.165) is 12.1 Å². The zero-order valence-corrected chi connectivity index (χ0v) is 10.3. The molecule has 1 amide bonds. The molecule has 94 valence electrons. The summed E-state index contributed by atoms with van der Waals surface area (Å²) < 4.78 is 0. The van der Waals surface area contributed by atoms with Crippen molar-refractivity contribution in [2.75, 3.05) is 13.1 Å². The van der Waals surface area contributed by atoms with E-state index in [1.807, 2.05) is 0 Å². The standard InChI is InChI=1S/C14H17N3O/c15-8-2-5-12-6-7-13(16-9-12)14(18)17-10-11-3-1-4-11/h6-7,9,11H,1,3-4,8,10,15H2,(H,17,18). The average Bonchev–Trinajstić information content (AvgIpc) is 2.35. The van der Waals surface area contributed by atoms with E-state index in [-0.39, 0.29) is 5.91 Å². The van der Waals surface area contributed by atoms with Gasteiger partial charge in [-0.2, -0.15) is 0 Å². The second-order valence-electron chi connectivity index (χ2n) is 4.44. The van der Waals surface area contributed by atoms with Gasteiger partial charge in [0, 0.05) is 18.3 Å². The van der Waals surface area contributed by atoms with Crippen LogP contribution >= 0.6 is 0 Å². The minimum atomic E-state index is -0.111. The monoisotopic (exact) mass is 243 g/mol. The minimum Gasteiger partial charge on any atom is -0.350 e. The molecule has 4 nitrogen and oxygen atoms in total. The molecule has 0 aliphatic heterocycles. The molecule has 0 radical (unpaired) electrons. The molecular formula is C14H17N3O. The molecule has 1 heterocycles. The van der Waals surface area contributed by atoms with Crippen molar-refractivity contribution in [3.63, 3.8) is 0 Å². The first-order valence-electron chi connectivity index (χ1n) is 6.23. The summed E-state index contributed by atoms with van der Waals surface area (Å²) in [7, 11) is 0. The zero-order valence-electron chi connectivity index (χ0n) is 10.3. The Kier molecular flexibility index (Phi) is 4.32. The molecule has 0 aromatic carbocycles. The van der Waals surface area contributed by atoms with Crippen LogP contribution < -0.4 is 11.1 Å². The van der Waals surface area contributed by atoms with Crippen LogP contribution in [0.3, 0.4) is 0 Å². The van der Waals surface area contributed by atoms with Crippen LogP contribution in [0.1, 0.15) is 35.3 Å². The van der Waals surface area contributed by atoms with Crippen LogP contribution in [-0.4, -0.2) is 24.0 Å². The molecule has 1 fully saturated rings. The van der Waals surface area contributed by atoms with Crippen LogP contribution in [0.25, 0.3) is 0 Å². The van der Waals surface area contributed by atoms with E-state index >= 15 is 0 Å². The van der Waals surface area contributed by atoms with Crippen LogP contribution in [0.15, 0.2) is 18.3 Å². The van der Waals surface area contributed by atoms with Crippen LogP contribution in [0.4, 0.5) is 0 Å². The molecule has 4 heteroatoms. The van der Waals surface area contributed by atoms with Crippen molar-refractivity contribution < 1.29 is 4.79 Å². The maximum absolute atomic E-state index is 11.8. The van der Waals surface area contributed by atoms with Crippen molar-refractivity contribution >= 4 is 5.91 Å². The van der Waals surface area contributed by atoms with Gasteiger partial charge in [-0.05, 0) is 30.9 Å². The topological polar surface area (TPSA) is 68.0 Å². The van der Waals surface area contributed by atoms with Crippen molar-refractivity contribution in [3.05, 3.63) is 29.6 Å². The van der Waals surface area contributed by atoms with E-state index in [0.29, 0.717) is 18.2 Å². The van der Waals surface area contributed by atoms with Gasteiger partial charge in [0.25, 0.3) is 5.91 Å². The number of aromatic nitrogens is 1. The number of nitrogens with zero attached hydrogens (tertiary/aromatic N) is 1. The van der Waals surface area contributed by atoms with Crippen LogP contribution in [0, 0.1) is 17.8 Å². The maximum Gasteiger partial charge on any atom is 0.269 e. The van der Waals surface area contributed by atoms with Gasteiger partial charge in [-0.3, -0.25) is 4.79 Å². The summed E-state index contributed by atoms with van der Waals surface area (Å²) in [5.41, 5.74) is 6.49. The predicted octanol–water partition coefficient (Wildman–Crippen LogP) is 0.922. The molecule has 18 heavy (non-hydrogen) atoms. The molecule has 1 aromatic heterocycles. The lowest BCUT2D eigenvalue weighted by molar-refractivity contribution is 0.0934. The van der Waals surface area contributed by atoms with E-state index in [1.54, 1.807) is 18.3 Å². The number of nitrogens with two attached hydrogens (primary N) is 1. The molecular weight excluding hydrogens is 226 g/mol. The summed E-state index contributed by atoms with van der Waals surface area (Å²) in [6.07, 6.45) is 5.33. The zero-order chi connectivity index (χ0) is 12.8. The van der Waals surface area contributed by atoms with E-state index in [9.17, 15) is 4.79 Å². The van der Waals surface area contributed by atoms with E-state index in [1.165, 1.54) is 19.3 Å². The van der Waals surface area contributed by atoms with Gasteiger partial charge in [0.1, 0.15) is 5.69 Å². The fraction of sp³-hybridized carbons (Fsp3) is 0.429. The molecule has 0 unspecified atom stereocenters. The summed E-state index contributed by atoms with van der Waals surface area (Å²) in [4.78, 5) is 15.9. The Morgan fingerprint density at radius 3 is 2.89 bits per heavy atom. The van der Waals surface area contributed by atoms with Crippen LogP contribution in [0.5, 0.6) is 0 Å². The van der Waals surface area contributed by atoms with E-state index < -0.39 is 0 Å². The number of carbonyl (C=O) groups is 1. The molecule has 1 aliphatic rings. The number of pyridine rings is 1. The van der Waals surface area contributed by atoms with Gasteiger partial charge in [-0.1, -0.05) is 18.3 Å². The number of carbonyl (C=O) groups excluding carboxylic acids is 1. The molecule has 1 aromatic rings. The Hall–Kier alpha value is -1.86. The summed E-state index contributed by atoms with van der Waals surface area (Å²) >= 11 is 0. The van der Waals surface area contributed by atoms with Crippen molar-refractivity contribution in [1.29, 1.82) is 0 Å². The fourth-order valence-electron chi connectivity index (χ4n) is 1.78. The van der Waals surface area contributed by atoms with Crippen LogP contribution in [0.2, 0.25) is 0 Å². The number of nitrogens with one attached hydrogen (secondary N) is 1. The minimum absolute atomic E-state index is 0.111. The fourth-order valence-corrected chi connectivity index (χ4v) is 1.78. The molecule has 2 rings (SSSR count). The van der Waals surface area contributed by atoms with Crippen molar-refractivity contribution in [1.82, 2.24) is 10.3 Å². The molecule has 0 saturated heterocycles. The Bertz CT molecular complexity index is 466. The number of amides is 1. The normalized spacial score (nSPS) is 14.3. The largest absolute Gasteiger partial charge is 0.350 e. The Morgan fingerprint density at radius 1 is 1.50 bits per heavy atom. The van der Waals surface area contributed by atoms with E-state index in [2.05, 4.69) is 22.1 Å². The van der Waals surface area contributed by atoms with Gasteiger partial charge in [0.15, 0.2) is 0 Å². The Balaban J connectivity index is 1.89. The smallest absolute Gasteiger partial charge is 0.269 e. The number of hydrogen-bond donors (Lipinski definition) is 2. The lowest BCUT2D eigenvalue weighted by atomic mass is 9.85. The van der Waals surface area contributed by atoms with Gasteiger partial charge in [-0.15, -0.1) is 0 Å². The second-order valence-corrected chi connectivity index (χ2v) is 4.44. The summed E-state index contributed by atoms with van der Waals surface area (Å²) in [5, 5.41) is 2.91. The first-order valence-corrected chi connectivity index (χ1v) is 6.23. The number of hydrogen-bond acceptors (Lipinski definition) is 3. The van der Waals surface area contributed by atoms with Crippen molar-refractivity contribution in [2.45, 2.75) is 19.3 Å². The summed E-state index contributed by atoms with van der Waals surface area (Å²) in [5.74, 6) is 6.16. The Labute approximate surface area is 107 Å². The maximum atomic E-state index is 11.8. The lowest BCUT2D eigenvalue weighted by Gasteiger charge is -2.25. The van der Waals surface area contributed by atoms with E-state index in [4.69, 9.17) is 5.73 Å². The quantitative estimate of drug-likeness (QED) is 0.776. The SMILES string of the molecule is NCC#Cc1ccc(C(=O)NCC2CCC2)nc1. The highest BCUT2D eigenvalue weighted by atomic mass is 16.1. The summed E-state index contributed by atoms with van der Waals surface area (Å²) in [6.45, 7) is 1.08. The molecule has 0 bridgehead atoms. The highest BCUT2D eigenvalue weighted by molar-refractivity contribution is 5.92. The third-order valence-corrected chi connectivity index (χ3v) is 3.11. The number of rotatable bonds is 3. The Morgan fingerprint density at radius 2 is 2.33 bits per heavy atom.